The van der Waals surface area contributed by atoms with Crippen LogP contribution in [0.25, 0.3) is 0 Å². The van der Waals surface area contributed by atoms with E-state index < -0.39 is 17.0 Å². The van der Waals surface area contributed by atoms with Gasteiger partial charge in [0.05, 0.1) is 5.41 Å². The van der Waals surface area contributed by atoms with E-state index in [2.05, 4.69) is 5.32 Å². The average Bonchev–Trinajstić information content (AvgIpc) is 2.63. The third kappa shape index (κ3) is 2.90. The van der Waals surface area contributed by atoms with Crippen LogP contribution in [0.3, 0.4) is 0 Å². The van der Waals surface area contributed by atoms with Gasteiger partial charge in [-0.05, 0) is 46.1 Å². The van der Waals surface area contributed by atoms with Gasteiger partial charge in [-0.25, -0.2) is 4.79 Å². The number of hydrogen-bond acceptors (Lipinski definition) is 4. The lowest BCUT2D eigenvalue weighted by atomic mass is 9.74. The molecule has 2 saturated heterocycles. The molecule has 1 amide bonds. The Bertz CT molecular complexity index is 404. The van der Waals surface area contributed by atoms with Crippen molar-refractivity contribution in [3.05, 3.63) is 0 Å². The summed E-state index contributed by atoms with van der Waals surface area (Å²) in [6.45, 7) is 7.72. The Labute approximate surface area is 119 Å². The topological polar surface area (TPSA) is 78.9 Å². The van der Waals surface area contributed by atoms with Crippen molar-refractivity contribution in [3.63, 3.8) is 0 Å². The standard InChI is InChI=1S/C14H24N2O4/c1-13(2,3)20-12(19)16-6-4-10-8-15-9-14(10,5-7-16)11(17)18/h10,15H,4-9H2,1-3H3,(H,17,18)/t10-,14-/m0/s1. The minimum Gasteiger partial charge on any atom is -0.481 e. The van der Waals surface area contributed by atoms with Gasteiger partial charge in [0, 0.05) is 19.6 Å². The highest BCUT2D eigenvalue weighted by atomic mass is 16.6. The van der Waals surface area contributed by atoms with Crippen LogP contribution < -0.4 is 5.32 Å². The summed E-state index contributed by atoms with van der Waals surface area (Å²) in [6.07, 6.45) is 0.851. The third-order valence-corrected chi connectivity index (χ3v) is 4.27. The lowest BCUT2D eigenvalue weighted by Crippen LogP contribution is -2.40. The molecule has 0 bridgehead atoms. The smallest absolute Gasteiger partial charge is 0.410 e. The second kappa shape index (κ2) is 5.24. The molecule has 2 aliphatic heterocycles. The number of fused-ring (bicyclic) bond motifs is 1. The highest BCUT2D eigenvalue weighted by Crippen LogP contribution is 2.40. The molecule has 0 spiro atoms. The van der Waals surface area contributed by atoms with Crippen molar-refractivity contribution >= 4 is 12.1 Å². The molecule has 20 heavy (non-hydrogen) atoms. The molecule has 2 heterocycles. The van der Waals surface area contributed by atoms with E-state index in [-0.39, 0.29) is 12.0 Å². The third-order valence-electron chi connectivity index (χ3n) is 4.27. The normalized spacial score (nSPS) is 30.6. The minimum absolute atomic E-state index is 0.0902. The first-order chi connectivity index (χ1) is 9.24. The molecular formula is C14H24N2O4. The lowest BCUT2D eigenvalue weighted by molar-refractivity contribution is -0.150. The quantitative estimate of drug-likeness (QED) is 0.759. The van der Waals surface area contributed by atoms with Crippen LogP contribution in [0.4, 0.5) is 4.79 Å². The Morgan fingerprint density at radius 1 is 1.35 bits per heavy atom. The van der Waals surface area contributed by atoms with Crippen LogP contribution >= 0.6 is 0 Å². The molecule has 2 aliphatic rings. The maximum absolute atomic E-state index is 12.1. The molecular weight excluding hydrogens is 260 g/mol. The summed E-state index contributed by atoms with van der Waals surface area (Å²) in [5.41, 5.74) is -1.25. The molecule has 114 valence electrons. The van der Waals surface area contributed by atoms with Crippen LogP contribution in [-0.4, -0.2) is 53.8 Å². The first-order valence-corrected chi connectivity index (χ1v) is 7.17. The number of nitrogens with zero attached hydrogens (tertiary/aromatic N) is 1. The van der Waals surface area contributed by atoms with E-state index in [1.54, 1.807) is 4.90 Å². The van der Waals surface area contributed by atoms with E-state index in [9.17, 15) is 14.7 Å². The molecule has 2 rings (SSSR count). The number of amides is 1. The molecule has 2 fully saturated rings. The van der Waals surface area contributed by atoms with E-state index in [0.29, 0.717) is 39.0 Å². The Morgan fingerprint density at radius 3 is 2.65 bits per heavy atom. The van der Waals surface area contributed by atoms with Gasteiger partial charge in [-0.2, -0.15) is 0 Å². The van der Waals surface area contributed by atoms with Gasteiger partial charge >= 0.3 is 12.1 Å². The van der Waals surface area contributed by atoms with Crippen molar-refractivity contribution in [3.8, 4) is 0 Å². The monoisotopic (exact) mass is 284 g/mol. The summed E-state index contributed by atoms with van der Waals surface area (Å²) >= 11 is 0. The zero-order chi connectivity index (χ0) is 15.0. The number of carboxylic acid groups (broad SMARTS) is 1. The fourth-order valence-corrected chi connectivity index (χ4v) is 3.10. The summed E-state index contributed by atoms with van der Waals surface area (Å²) in [5.74, 6) is -0.661. The molecule has 0 aromatic heterocycles. The van der Waals surface area contributed by atoms with Gasteiger partial charge in [-0.3, -0.25) is 4.79 Å². The first-order valence-electron chi connectivity index (χ1n) is 7.17. The summed E-state index contributed by atoms with van der Waals surface area (Å²) in [4.78, 5) is 25.4. The number of nitrogens with one attached hydrogen (secondary N) is 1. The average molecular weight is 284 g/mol. The predicted octanol–water partition coefficient (Wildman–Crippen LogP) is 1.31. The molecule has 6 heteroatoms. The summed E-state index contributed by atoms with van der Waals surface area (Å²) in [5, 5.41) is 12.7. The lowest BCUT2D eigenvalue weighted by Gasteiger charge is -2.28. The zero-order valence-electron chi connectivity index (χ0n) is 12.4. The summed E-state index contributed by atoms with van der Waals surface area (Å²) in [6, 6.07) is 0. The number of carbonyl (C=O) groups is 2. The SMILES string of the molecule is CC(C)(C)OC(=O)N1CC[C@H]2CNC[C@@]2(C(=O)O)CC1. The number of carboxylic acids is 1. The van der Waals surface area contributed by atoms with Crippen molar-refractivity contribution in [2.24, 2.45) is 11.3 Å². The van der Waals surface area contributed by atoms with Crippen LogP contribution in [0.15, 0.2) is 0 Å². The maximum Gasteiger partial charge on any atom is 0.410 e. The fraction of sp³-hybridized carbons (Fsp3) is 0.857. The largest absolute Gasteiger partial charge is 0.481 e. The first kappa shape index (κ1) is 15.1. The molecule has 0 unspecified atom stereocenters. The van der Waals surface area contributed by atoms with Crippen LogP contribution in [0.5, 0.6) is 0 Å². The van der Waals surface area contributed by atoms with E-state index in [1.807, 2.05) is 20.8 Å². The molecule has 0 aromatic carbocycles. The Hall–Kier alpha value is -1.30. The molecule has 2 N–H and O–H groups in total. The van der Waals surface area contributed by atoms with Crippen LogP contribution in [-0.2, 0) is 9.53 Å². The van der Waals surface area contributed by atoms with E-state index in [4.69, 9.17) is 4.74 Å². The number of carbonyl (C=O) groups excluding carboxylic acids is 1. The summed E-state index contributed by atoms with van der Waals surface area (Å²) in [7, 11) is 0. The van der Waals surface area contributed by atoms with Gasteiger partial charge in [-0.1, -0.05) is 0 Å². The number of hydrogen-bond donors (Lipinski definition) is 2. The van der Waals surface area contributed by atoms with Crippen molar-refractivity contribution in [2.45, 2.75) is 39.2 Å². The molecule has 0 aliphatic carbocycles. The van der Waals surface area contributed by atoms with Crippen LogP contribution in [0.1, 0.15) is 33.6 Å². The number of ether oxygens (including phenoxy) is 1. The summed E-state index contributed by atoms with van der Waals surface area (Å²) < 4.78 is 5.37. The highest BCUT2D eigenvalue weighted by Gasteiger charge is 2.50. The van der Waals surface area contributed by atoms with E-state index >= 15 is 0 Å². The number of aliphatic carboxylic acids is 1. The Kier molecular flexibility index (Phi) is 3.95. The van der Waals surface area contributed by atoms with Crippen molar-refractivity contribution in [1.29, 1.82) is 0 Å². The zero-order valence-corrected chi connectivity index (χ0v) is 12.4. The van der Waals surface area contributed by atoms with Crippen molar-refractivity contribution < 1.29 is 19.4 Å². The Morgan fingerprint density at radius 2 is 2.05 bits per heavy atom. The van der Waals surface area contributed by atoms with Crippen LogP contribution in [0, 0.1) is 11.3 Å². The van der Waals surface area contributed by atoms with E-state index in [0.717, 1.165) is 0 Å². The molecule has 0 aromatic rings. The van der Waals surface area contributed by atoms with Gasteiger partial charge < -0.3 is 20.1 Å². The van der Waals surface area contributed by atoms with Crippen molar-refractivity contribution in [1.82, 2.24) is 10.2 Å². The second-order valence-electron chi connectivity index (χ2n) is 6.80. The van der Waals surface area contributed by atoms with Gasteiger partial charge in [0.25, 0.3) is 0 Å². The van der Waals surface area contributed by atoms with E-state index in [1.165, 1.54) is 0 Å². The predicted molar refractivity (Wildman–Crippen MR) is 73.5 cm³/mol. The fourth-order valence-electron chi connectivity index (χ4n) is 3.10. The van der Waals surface area contributed by atoms with Gasteiger partial charge in [0.1, 0.15) is 5.60 Å². The minimum atomic E-state index is -0.751. The molecule has 6 nitrogen and oxygen atoms in total. The molecule has 0 saturated carbocycles. The van der Waals surface area contributed by atoms with Gasteiger partial charge in [0.2, 0.25) is 0 Å². The van der Waals surface area contributed by atoms with Gasteiger partial charge in [-0.15, -0.1) is 0 Å². The maximum atomic E-state index is 12.1. The second-order valence-corrected chi connectivity index (χ2v) is 6.80. The molecule has 2 atom stereocenters. The van der Waals surface area contributed by atoms with Crippen molar-refractivity contribution in [2.75, 3.05) is 26.2 Å². The molecule has 0 radical (unpaired) electrons. The number of rotatable bonds is 1. The Balaban J connectivity index is 2.06. The number of likely N-dealkylation sites (tertiary alicyclic amines) is 1. The van der Waals surface area contributed by atoms with Crippen LogP contribution in [0.2, 0.25) is 0 Å². The highest BCUT2D eigenvalue weighted by molar-refractivity contribution is 5.76. The van der Waals surface area contributed by atoms with Gasteiger partial charge in [0.15, 0.2) is 0 Å².